The highest BCUT2D eigenvalue weighted by molar-refractivity contribution is 6.09. The zero-order valence-electron chi connectivity index (χ0n) is 11.4. The van der Waals surface area contributed by atoms with Gasteiger partial charge in [0.2, 0.25) is 0 Å². The molecule has 21 heavy (non-hydrogen) atoms. The number of para-hydroxylation sites is 1. The van der Waals surface area contributed by atoms with Crippen molar-refractivity contribution in [1.82, 2.24) is 0 Å². The lowest BCUT2D eigenvalue weighted by Gasteiger charge is -2.10. The quantitative estimate of drug-likeness (QED) is 0.901. The predicted molar refractivity (Wildman–Crippen MR) is 78.8 cm³/mol. The Labute approximate surface area is 122 Å². The van der Waals surface area contributed by atoms with Gasteiger partial charge >= 0.3 is 0 Å². The lowest BCUT2D eigenvalue weighted by Crippen LogP contribution is -2.18. The maximum atomic E-state index is 12.3. The summed E-state index contributed by atoms with van der Waals surface area (Å²) >= 11 is 0. The minimum absolute atomic E-state index is 0.247. The van der Waals surface area contributed by atoms with E-state index in [0.717, 1.165) is 0 Å². The Kier molecular flexibility index (Phi) is 4.00. The number of anilines is 1. The number of nitrogens with two attached hydrogens (primary N) is 1. The Hall–Kier alpha value is -3.13. The van der Waals surface area contributed by atoms with Crippen molar-refractivity contribution in [3.63, 3.8) is 0 Å². The number of nitrogens with zero attached hydrogens (tertiary/aromatic N) is 1. The number of rotatable bonds is 3. The third-order valence-electron chi connectivity index (χ3n) is 3.04. The summed E-state index contributed by atoms with van der Waals surface area (Å²) in [7, 11) is 0. The number of amides is 2. The summed E-state index contributed by atoms with van der Waals surface area (Å²) in [5, 5.41) is 11.5. The maximum Gasteiger partial charge on any atom is 0.255 e. The molecule has 5 nitrogen and oxygen atoms in total. The second kappa shape index (κ2) is 5.88. The van der Waals surface area contributed by atoms with E-state index in [4.69, 9.17) is 11.0 Å². The third kappa shape index (κ3) is 3.07. The van der Waals surface area contributed by atoms with Crippen LogP contribution in [0.2, 0.25) is 0 Å². The molecular weight excluding hydrogens is 266 g/mol. The number of hydrogen-bond donors (Lipinski definition) is 2. The van der Waals surface area contributed by atoms with Gasteiger partial charge in [-0.05, 0) is 42.8 Å². The van der Waals surface area contributed by atoms with Crippen LogP contribution < -0.4 is 11.1 Å². The number of benzene rings is 2. The number of nitrogens with one attached hydrogen (secondary N) is 1. The van der Waals surface area contributed by atoms with Crippen molar-refractivity contribution >= 4 is 17.5 Å². The van der Waals surface area contributed by atoms with Gasteiger partial charge in [0.25, 0.3) is 11.8 Å². The molecule has 2 aromatic carbocycles. The van der Waals surface area contributed by atoms with Crippen molar-refractivity contribution in [3.8, 4) is 6.07 Å². The summed E-state index contributed by atoms with van der Waals surface area (Å²) in [5.74, 6) is -0.965. The highest BCUT2D eigenvalue weighted by Gasteiger charge is 2.13. The second-order valence-electron chi connectivity index (χ2n) is 4.51. The molecule has 0 saturated carbocycles. The van der Waals surface area contributed by atoms with Gasteiger partial charge in [0, 0.05) is 5.56 Å². The Balaban J connectivity index is 2.31. The number of carbonyl (C=O) groups is 2. The molecule has 0 radical (unpaired) electrons. The first-order valence-electron chi connectivity index (χ1n) is 6.24. The second-order valence-corrected chi connectivity index (χ2v) is 4.51. The van der Waals surface area contributed by atoms with Gasteiger partial charge in [0.05, 0.1) is 22.9 Å². The fourth-order valence-corrected chi connectivity index (χ4v) is 1.98. The van der Waals surface area contributed by atoms with Crippen LogP contribution in [-0.4, -0.2) is 11.8 Å². The normalized spacial score (nSPS) is 9.71. The molecule has 0 aliphatic carbocycles. The molecule has 0 fully saturated rings. The van der Waals surface area contributed by atoms with Crippen LogP contribution in [0.4, 0.5) is 5.69 Å². The minimum atomic E-state index is -0.609. The van der Waals surface area contributed by atoms with Crippen LogP contribution in [0.1, 0.15) is 31.8 Å². The van der Waals surface area contributed by atoms with Gasteiger partial charge < -0.3 is 11.1 Å². The molecule has 0 saturated heterocycles. The topological polar surface area (TPSA) is 96.0 Å². The Morgan fingerprint density at radius 3 is 2.48 bits per heavy atom. The first kappa shape index (κ1) is 14.3. The molecule has 3 N–H and O–H groups in total. The van der Waals surface area contributed by atoms with E-state index in [9.17, 15) is 9.59 Å². The molecule has 104 valence electrons. The molecule has 2 aromatic rings. The number of aryl methyl sites for hydroxylation is 1. The van der Waals surface area contributed by atoms with Crippen molar-refractivity contribution in [1.29, 1.82) is 5.26 Å². The van der Waals surface area contributed by atoms with E-state index in [1.807, 2.05) is 6.07 Å². The summed E-state index contributed by atoms with van der Waals surface area (Å²) in [6.45, 7) is 1.75. The van der Waals surface area contributed by atoms with E-state index < -0.39 is 5.91 Å². The summed E-state index contributed by atoms with van der Waals surface area (Å²) < 4.78 is 0. The monoisotopic (exact) mass is 279 g/mol. The van der Waals surface area contributed by atoms with E-state index >= 15 is 0 Å². The van der Waals surface area contributed by atoms with Crippen LogP contribution in [-0.2, 0) is 0 Å². The highest BCUT2D eigenvalue weighted by atomic mass is 16.2. The lowest BCUT2D eigenvalue weighted by atomic mass is 10.0. The fraction of sp³-hybridized carbons (Fsp3) is 0.0625. The van der Waals surface area contributed by atoms with E-state index in [1.54, 1.807) is 49.4 Å². The molecule has 0 aliphatic heterocycles. The zero-order chi connectivity index (χ0) is 15.4. The Morgan fingerprint density at radius 2 is 1.86 bits per heavy atom. The summed E-state index contributed by atoms with van der Waals surface area (Å²) in [6, 6.07) is 13.3. The third-order valence-corrected chi connectivity index (χ3v) is 3.04. The van der Waals surface area contributed by atoms with Crippen LogP contribution in [0.25, 0.3) is 0 Å². The van der Waals surface area contributed by atoms with Crippen molar-refractivity contribution in [2.75, 3.05) is 5.32 Å². The number of nitriles is 1. The number of carbonyl (C=O) groups excluding carboxylic acids is 2. The summed E-state index contributed by atoms with van der Waals surface area (Å²) in [5.41, 5.74) is 7.49. The molecule has 2 rings (SSSR count). The van der Waals surface area contributed by atoms with Crippen LogP contribution in [0.15, 0.2) is 42.5 Å². The van der Waals surface area contributed by atoms with Gasteiger partial charge in [0.1, 0.15) is 0 Å². The molecule has 0 heterocycles. The summed E-state index contributed by atoms with van der Waals surface area (Å²) in [6.07, 6.45) is 0. The summed E-state index contributed by atoms with van der Waals surface area (Å²) in [4.78, 5) is 23.6. The lowest BCUT2D eigenvalue weighted by molar-refractivity contribution is 0.100. The van der Waals surface area contributed by atoms with Crippen LogP contribution in [0, 0.1) is 18.3 Å². The SMILES string of the molecule is Cc1cc(C#N)ccc1C(=O)Nc1ccccc1C(N)=O. The molecule has 0 unspecified atom stereocenters. The van der Waals surface area contributed by atoms with E-state index in [2.05, 4.69) is 5.32 Å². The largest absolute Gasteiger partial charge is 0.366 e. The standard InChI is InChI=1S/C16H13N3O2/c1-10-8-11(9-17)6-7-12(10)16(21)19-14-5-3-2-4-13(14)15(18)20/h2-8H,1H3,(H2,18,20)(H,19,21). The van der Waals surface area contributed by atoms with Gasteiger partial charge in [0.15, 0.2) is 0 Å². The van der Waals surface area contributed by atoms with Crippen LogP contribution in [0.3, 0.4) is 0 Å². The molecule has 0 aliphatic rings. The average Bonchev–Trinajstić information content (AvgIpc) is 2.47. The van der Waals surface area contributed by atoms with Crippen LogP contribution in [0.5, 0.6) is 0 Å². The van der Waals surface area contributed by atoms with Gasteiger partial charge in [-0.3, -0.25) is 9.59 Å². The van der Waals surface area contributed by atoms with Crippen molar-refractivity contribution in [3.05, 3.63) is 64.7 Å². The molecule has 5 heteroatoms. The van der Waals surface area contributed by atoms with Crippen molar-refractivity contribution in [2.24, 2.45) is 5.73 Å². The number of primary amides is 1. The van der Waals surface area contributed by atoms with E-state index in [1.165, 1.54) is 0 Å². The van der Waals surface area contributed by atoms with Crippen LogP contribution >= 0.6 is 0 Å². The highest BCUT2D eigenvalue weighted by Crippen LogP contribution is 2.17. The molecule has 0 bridgehead atoms. The Bertz CT molecular complexity index is 760. The predicted octanol–water partition coefficient (Wildman–Crippen LogP) is 2.22. The van der Waals surface area contributed by atoms with Gasteiger partial charge in [-0.2, -0.15) is 5.26 Å². The van der Waals surface area contributed by atoms with Gasteiger partial charge in [-0.25, -0.2) is 0 Å². The van der Waals surface area contributed by atoms with Crippen molar-refractivity contribution in [2.45, 2.75) is 6.92 Å². The smallest absolute Gasteiger partial charge is 0.255 e. The molecule has 0 atom stereocenters. The molecule has 0 aromatic heterocycles. The average molecular weight is 279 g/mol. The maximum absolute atomic E-state index is 12.3. The molecule has 0 spiro atoms. The first-order valence-corrected chi connectivity index (χ1v) is 6.24. The first-order chi connectivity index (χ1) is 10.0. The van der Waals surface area contributed by atoms with E-state index in [0.29, 0.717) is 22.4 Å². The molecule has 2 amide bonds. The van der Waals surface area contributed by atoms with E-state index in [-0.39, 0.29) is 11.5 Å². The zero-order valence-corrected chi connectivity index (χ0v) is 11.4. The number of hydrogen-bond acceptors (Lipinski definition) is 3. The Morgan fingerprint density at radius 1 is 1.14 bits per heavy atom. The fourth-order valence-electron chi connectivity index (χ4n) is 1.98. The van der Waals surface area contributed by atoms with Crippen molar-refractivity contribution < 1.29 is 9.59 Å². The van der Waals surface area contributed by atoms with Gasteiger partial charge in [-0.1, -0.05) is 12.1 Å². The molecular formula is C16H13N3O2. The van der Waals surface area contributed by atoms with Gasteiger partial charge in [-0.15, -0.1) is 0 Å². The minimum Gasteiger partial charge on any atom is -0.366 e.